The summed E-state index contributed by atoms with van der Waals surface area (Å²) >= 11 is 0. The van der Waals surface area contributed by atoms with Crippen LogP contribution in [0.2, 0.25) is 0 Å². The molecule has 426 valence electrons. The van der Waals surface area contributed by atoms with Crippen molar-refractivity contribution >= 4 is 0 Å². The molecule has 0 spiro atoms. The number of aliphatic hydroxyl groups is 14. The van der Waals surface area contributed by atoms with Crippen LogP contribution in [0.15, 0.2) is 11.6 Å². The summed E-state index contributed by atoms with van der Waals surface area (Å²) in [4.78, 5) is 0. The monoisotopic (exact) mass is 1060 g/mol. The van der Waals surface area contributed by atoms with Crippen molar-refractivity contribution in [1.29, 1.82) is 0 Å². The molecule has 0 aromatic rings. The molecule has 23 unspecified atom stereocenters. The Bertz CT molecular complexity index is 1920. The molecule has 0 aromatic carbocycles. The van der Waals surface area contributed by atoms with Gasteiger partial charge in [0.25, 0.3) is 0 Å². The number of hydrogen-bond acceptors (Lipinski definition) is 23. The van der Waals surface area contributed by atoms with Crippen LogP contribution >= 0.6 is 0 Å². The van der Waals surface area contributed by atoms with Gasteiger partial charge in [0, 0.05) is 12.3 Å². The van der Waals surface area contributed by atoms with Gasteiger partial charge < -0.3 is 114 Å². The minimum atomic E-state index is -1.88. The minimum Gasteiger partial charge on any atom is -0.394 e. The van der Waals surface area contributed by atoms with Crippen molar-refractivity contribution in [2.75, 3.05) is 26.4 Å². The Hall–Kier alpha value is -1.18. The van der Waals surface area contributed by atoms with E-state index in [4.69, 9.17) is 42.6 Å². The van der Waals surface area contributed by atoms with Crippen molar-refractivity contribution in [3.63, 3.8) is 0 Å². The van der Waals surface area contributed by atoms with Crippen LogP contribution in [0.4, 0.5) is 0 Å². The molecule has 0 radical (unpaired) electrons. The highest BCUT2D eigenvalue weighted by atomic mass is 16.8. The van der Waals surface area contributed by atoms with Gasteiger partial charge in [0.2, 0.25) is 0 Å². The Morgan fingerprint density at radius 1 is 0.635 bits per heavy atom. The van der Waals surface area contributed by atoms with E-state index < -0.39 is 155 Å². The quantitative estimate of drug-likeness (QED) is 0.0727. The Morgan fingerprint density at radius 3 is 1.85 bits per heavy atom. The fraction of sp³-hybridized carbons (Fsp3) is 0.961. The van der Waals surface area contributed by atoms with Gasteiger partial charge in [-0.3, -0.25) is 0 Å². The summed E-state index contributed by atoms with van der Waals surface area (Å²) in [6.07, 6.45) is -22.5. The summed E-state index contributed by atoms with van der Waals surface area (Å²) in [5.41, 5.74) is 0.989. The van der Waals surface area contributed by atoms with Crippen LogP contribution < -0.4 is 0 Å². The molecule has 5 heterocycles. The van der Waals surface area contributed by atoms with E-state index in [1.807, 2.05) is 6.92 Å². The molecule has 5 saturated heterocycles. The second-order valence-electron chi connectivity index (χ2n) is 23.8. The first kappa shape index (κ1) is 57.5. The predicted octanol–water partition coefficient (Wildman–Crippen LogP) is -3.01. The smallest absolute Gasteiger partial charge is 0.187 e. The second kappa shape index (κ2) is 22.4. The Labute approximate surface area is 430 Å². The number of allylic oxidation sites excluding steroid dienone is 1. The number of hydrogen-bond donors (Lipinski definition) is 14. The van der Waals surface area contributed by atoms with E-state index in [1.165, 1.54) is 12.5 Å². The fourth-order valence-electron chi connectivity index (χ4n) is 15.0. The van der Waals surface area contributed by atoms with E-state index in [1.54, 1.807) is 0 Å². The van der Waals surface area contributed by atoms with E-state index in [0.717, 1.165) is 32.1 Å². The summed E-state index contributed by atoms with van der Waals surface area (Å²) < 4.78 is 54.7. The summed E-state index contributed by atoms with van der Waals surface area (Å²) in [7, 11) is 0. The zero-order valence-electron chi connectivity index (χ0n) is 42.9. The van der Waals surface area contributed by atoms with E-state index in [9.17, 15) is 71.5 Å². The average Bonchev–Trinajstić information content (AvgIpc) is 3.82. The third-order valence-electron chi connectivity index (χ3n) is 19.5. The molecular formula is C51H84O23. The molecule has 4 aliphatic carbocycles. The lowest BCUT2D eigenvalue weighted by Gasteiger charge is -2.58. The van der Waals surface area contributed by atoms with Gasteiger partial charge in [0.1, 0.15) is 91.6 Å². The van der Waals surface area contributed by atoms with Gasteiger partial charge in [-0.2, -0.15) is 0 Å². The summed E-state index contributed by atoms with van der Waals surface area (Å²) in [5, 5.41) is 149. The zero-order chi connectivity index (χ0) is 53.5. The zero-order valence-corrected chi connectivity index (χ0v) is 42.9. The molecule has 9 rings (SSSR count). The molecule has 14 N–H and O–H groups in total. The van der Waals surface area contributed by atoms with Crippen LogP contribution in [0.5, 0.6) is 0 Å². The third-order valence-corrected chi connectivity index (χ3v) is 19.5. The van der Waals surface area contributed by atoms with Crippen LogP contribution in [0.1, 0.15) is 92.4 Å². The van der Waals surface area contributed by atoms with Crippen LogP contribution in [0, 0.1) is 46.3 Å². The molecule has 74 heavy (non-hydrogen) atoms. The lowest BCUT2D eigenvalue weighted by atomic mass is 9.47. The van der Waals surface area contributed by atoms with Gasteiger partial charge in [0.05, 0.1) is 44.7 Å². The molecule has 3 saturated carbocycles. The molecule has 31 atom stereocenters. The summed E-state index contributed by atoms with van der Waals surface area (Å²) in [5.74, 6) is -0.351. The topological polar surface area (TPSA) is 366 Å². The number of ether oxygens (including phenoxy) is 9. The van der Waals surface area contributed by atoms with Crippen LogP contribution in [0.3, 0.4) is 0 Å². The van der Waals surface area contributed by atoms with E-state index in [2.05, 4.69) is 26.8 Å². The highest BCUT2D eigenvalue weighted by molar-refractivity contribution is 5.26. The normalized spacial score (nSPS) is 54.9. The molecule has 0 bridgehead atoms. The number of aliphatic hydroxyl groups excluding tert-OH is 13. The lowest BCUT2D eigenvalue weighted by Crippen LogP contribution is -2.67. The first-order valence-corrected chi connectivity index (χ1v) is 26.9. The van der Waals surface area contributed by atoms with Gasteiger partial charge in [-0.1, -0.05) is 39.3 Å². The number of rotatable bonds is 15. The molecule has 0 amide bonds. The molecular weight excluding hydrogens is 981 g/mol. The number of fused-ring (bicyclic) bond motifs is 7. The van der Waals surface area contributed by atoms with Gasteiger partial charge in [-0.25, -0.2) is 0 Å². The maximum absolute atomic E-state index is 12.1. The van der Waals surface area contributed by atoms with Crippen LogP contribution in [0.25, 0.3) is 0 Å². The summed E-state index contributed by atoms with van der Waals surface area (Å²) in [6.45, 7) is 8.33. The molecule has 5 aliphatic heterocycles. The van der Waals surface area contributed by atoms with Gasteiger partial charge in [-0.15, -0.1) is 0 Å². The first-order chi connectivity index (χ1) is 35.0. The van der Waals surface area contributed by atoms with Crippen molar-refractivity contribution in [2.45, 2.75) is 233 Å². The molecule has 9 aliphatic rings. The maximum Gasteiger partial charge on any atom is 0.187 e. The summed E-state index contributed by atoms with van der Waals surface area (Å²) in [6, 6.07) is 0. The van der Waals surface area contributed by atoms with Crippen molar-refractivity contribution in [2.24, 2.45) is 46.3 Å². The van der Waals surface area contributed by atoms with Gasteiger partial charge >= 0.3 is 0 Å². The van der Waals surface area contributed by atoms with Crippen molar-refractivity contribution in [3.05, 3.63) is 11.6 Å². The third kappa shape index (κ3) is 10.2. The van der Waals surface area contributed by atoms with Crippen molar-refractivity contribution < 1.29 is 114 Å². The van der Waals surface area contributed by atoms with Gasteiger partial charge in [-0.05, 0) is 98.7 Å². The van der Waals surface area contributed by atoms with Crippen LogP contribution in [-0.2, 0) is 42.6 Å². The SMILES string of the molecule is CC(CCC1(O)O[C@H]2C[C@H]3[C@@H]4CC=C5CC(OC6OC(CO)C(O)C(OC7OC(CO)C(O)C(O)C7O)C6OC6OC(C)C(O)C(O)C6O)CC[C@]5(C)[C@H]4CC[C@]3(C)[C@H]2[C@@H]1C)COC1OC(CO)C(O)C(O)C1O. The standard InChI is InChI=1S/C51H84O23/c1-20(19-66-45-40(62)38(60)34(56)29(16-52)69-45)8-13-51(65)21(2)32-28(74-51)15-27-25-7-6-23-14-24(9-11-49(23,4)26(25)10-12-50(27,32)5)68-48-44(73-46-41(63)37(59)33(55)22(3)67-46)43(36(58)31(18-54)71-48)72-47-42(64)39(61)35(57)30(17-53)70-47/h6,20-22,24-48,52-65H,7-19H2,1-5H3/t20?,21-,22?,24?,25+,26-,27-,28-,29?,30?,31?,32-,33?,34?,35?,36?,37?,38?,39?,40?,41?,42?,43?,44?,45?,46?,47?,48?,49-,50-,51?/m0/s1. The second-order valence-corrected chi connectivity index (χ2v) is 23.8. The Morgan fingerprint density at radius 2 is 1.20 bits per heavy atom. The van der Waals surface area contributed by atoms with Crippen LogP contribution in [-0.4, -0.2) is 239 Å². The highest BCUT2D eigenvalue weighted by Crippen LogP contribution is 2.70. The highest BCUT2D eigenvalue weighted by Gasteiger charge is 2.68. The maximum atomic E-state index is 12.1. The van der Waals surface area contributed by atoms with E-state index in [-0.39, 0.29) is 41.3 Å². The molecule has 0 aromatic heterocycles. The Kier molecular flexibility index (Phi) is 17.4. The largest absolute Gasteiger partial charge is 0.394 e. The van der Waals surface area contributed by atoms with E-state index in [0.29, 0.717) is 43.4 Å². The minimum absolute atomic E-state index is 0.0769. The first-order valence-electron chi connectivity index (χ1n) is 26.9. The molecule has 23 nitrogen and oxygen atoms in total. The average molecular weight is 1070 g/mol. The van der Waals surface area contributed by atoms with Crippen molar-refractivity contribution in [3.8, 4) is 0 Å². The lowest BCUT2D eigenvalue weighted by molar-refractivity contribution is -0.394. The predicted molar refractivity (Wildman–Crippen MR) is 250 cm³/mol. The molecule has 8 fully saturated rings. The fourth-order valence-corrected chi connectivity index (χ4v) is 15.0. The van der Waals surface area contributed by atoms with E-state index >= 15 is 0 Å². The molecule has 23 heteroatoms. The van der Waals surface area contributed by atoms with Gasteiger partial charge in [0.15, 0.2) is 30.9 Å². The van der Waals surface area contributed by atoms with Crippen molar-refractivity contribution in [1.82, 2.24) is 0 Å². The Balaban J connectivity index is 0.864.